The second kappa shape index (κ2) is 6.99. The number of benzene rings is 2. The Hall–Kier alpha value is -2.54. The number of aliphatic imine (C=N–C) groups is 1. The van der Waals surface area contributed by atoms with Crippen molar-refractivity contribution in [2.45, 2.75) is 0 Å². The van der Waals surface area contributed by atoms with Crippen molar-refractivity contribution in [2.75, 3.05) is 29.5 Å². The summed E-state index contributed by atoms with van der Waals surface area (Å²) in [6.45, 7) is 1.65. The molecule has 4 rings (SSSR count). The first-order valence-corrected chi connectivity index (χ1v) is 9.44. The quantitative estimate of drug-likeness (QED) is 0.667. The molecule has 26 heavy (non-hydrogen) atoms. The number of fused-ring (bicyclic) bond motifs is 1. The average molecular weight is 373 g/mol. The van der Waals surface area contributed by atoms with Crippen molar-refractivity contribution in [1.82, 2.24) is 4.98 Å². The van der Waals surface area contributed by atoms with Gasteiger partial charge in [-0.3, -0.25) is 4.99 Å². The summed E-state index contributed by atoms with van der Waals surface area (Å²) in [7, 11) is 0. The molecule has 0 radical (unpaired) electrons. The fourth-order valence-electron chi connectivity index (χ4n) is 3.12. The first kappa shape index (κ1) is 16.9. The molecule has 7 heteroatoms. The van der Waals surface area contributed by atoms with Gasteiger partial charge < -0.3 is 15.0 Å². The number of hydrogen-bond donors (Lipinski definition) is 2. The number of anilines is 1. The Bertz CT molecular complexity index is 980. The molecule has 2 heterocycles. The van der Waals surface area contributed by atoms with Gasteiger partial charge in [0.25, 0.3) is 0 Å². The lowest BCUT2D eigenvalue weighted by Gasteiger charge is -2.28. The standard InChI is InChI=1S/C19H17F2N3OS/c20-14-2-1-3-16-18(14)13(19(25)23-16)11-22-12-4-5-17(15(21)10-12)24-6-8-26-9-7-24/h1-5,10-11,23,25H,6-9H2. The summed E-state index contributed by atoms with van der Waals surface area (Å²) in [6, 6.07) is 9.34. The molecule has 1 aromatic heterocycles. The van der Waals surface area contributed by atoms with Crippen LogP contribution in [0, 0.1) is 11.6 Å². The zero-order valence-electron chi connectivity index (χ0n) is 13.9. The lowest BCUT2D eigenvalue weighted by atomic mass is 10.1. The van der Waals surface area contributed by atoms with E-state index in [9.17, 15) is 13.9 Å². The number of thioether (sulfide) groups is 1. The van der Waals surface area contributed by atoms with Gasteiger partial charge in [0.2, 0.25) is 0 Å². The van der Waals surface area contributed by atoms with Crippen LogP contribution in [0.2, 0.25) is 0 Å². The number of H-pyrrole nitrogens is 1. The largest absolute Gasteiger partial charge is 0.494 e. The molecule has 2 N–H and O–H groups in total. The first-order chi connectivity index (χ1) is 12.6. The highest BCUT2D eigenvalue weighted by Gasteiger charge is 2.16. The summed E-state index contributed by atoms with van der Waals surface area (Å²) in [5, 5.41) is 10.3. The van der Waals surface area contributed by atoms with Crippen LogP contribution in [0.25, 0.3) is 10.9 Å². The van der Waals surface area contributed by atoms with Crippen molar-refractivity contribution in [3.63, 3.8) is 0 Å². The van der Waals surface area contributed by atoms with Gasteiger partial charge in [0.15, 0.2) is 5.88 Å². The predicted molar refractivity (Wildman–Crippen MR) is 103 cm³/mol. The SMILES string of the molecule is Oc1[nH]c2cccc(F)c2c1C=Nc1ccc(N2CCSCC2)c(F)c1. The molecule has 0 atom stereocenters. The van der Waals surface area contributed by atoms with Crippen LogP contribution in [0.4, 0.5) is 20.2 Å². The Kier molecular flexibility index (Phi) is 4.55. The van der Waals surface area contributed by atoms with Crippen molar-refractivity contribution >= 4 is 40.3 Å². The van der Waals surface area contributed by atoms with Gasteiger partial charge in [-0.1, -0.05) is 6.07 Å². The second-order valence-electron chi connectivity index (χ2n) is 6.04. The van der Waals surface area contributed by atoms with E-state index in [1.807, 2.05) is 16.7 Å². The molecule has 2 aromatic carbocycles. The van der Waals surface area contributed by atoms with Gasteiger partial charge in [-0.25, -0.2) is 8.78 Å². The molecule has 0 aliphatic carbocycles. The minimum absolute atomic E-state index is 0.170. The van der Waals surface area contributed by atoms with Crippen molar-refractivity contribution in [1.29, 1.82) is 0 Å². The Morgan fingerprint density at radius 2 is 1.92 bits per heavy atom. The molecule has 0 spiro atoms. The molecule has 0 amide bonds. The molecule has 0 unspecified atom stereocenters. The van der Waals surface area contributed by atoms with Crippen LogP contribution in [0.15, 0.2) is 41.4 Å². The molecule has 1 aliphatic heterocycles. The summed E-state index contributed by atoms with van der Waals surface area (Å²) in [5.41, 5.74) is 1.71. The number of rotatable bonds is 3. The predicted octanol–water partition coefficient (Wildman–Crippen LogP) is 4.46. The molecule has 4 nitrogen and oxygen atoms in total. The number of hydrogen-bond acceptors (Lipinski definition) is 4. The van der Waals surface area contributed by atoms with Gasteiger partial charge >= 0.3 is 0 Å². The van der Waals surface area contributed by atoms with E-state index >= 15 is 0 Å². The number of aromatic nitrogens is 1. The van der Waals surface area contributed by atoms with E-state index in [1.54, 1.807) is 24.3 Å². The number of halogens is 2. The highest BCUT2D eigenvalue weighted by molar-refractivity contribution is 7.99. The molecule has 3 aromatic rings. The Balaban J connectivity index is 1.63. The summed E-state index contributed by atoms with van der Waals surface area (Å²) in [5.74, 6) is 1.03. The number of nitrogens with zero attached hydrogens (tertiary/aromatic N) is 2. The molecule has 134 valence electrons. The van der Waals surface area contributed by atoms with Crippen molar-refractivity contribution in [3.05, 3.63) is 53.6 Å². The zero-order chi connectivity index (χ0) is 18.1. The van der Waals surface area contributed by atoms with Crippen LogP contribution in [0.3, 0.4) is 0 Å². The molecule has 0 saturated carbocycles. The molecular formula is C19H17F2N3OS. The van der Waals surface area contributed by atoms with Crippen LogP contribution < -0.4 is 4.90 Å². The van der Waals surface area contributed by atoms with Crippen LogP contribution >= 0.6 is 11.8 Å². The van der Waals surface area contributed by atoms with Gasteiger partial charge in [-0.15, -0.1) is 0 Å². The molecule has 1 aliphatic rings. The normalized spacial score (nSPS) is 15.2. The Labute approximate surface area is 153 Å². The van der Waals surface area contributed by atoms with Crippen molar-refractivity contribution in [3.8, 4) is 5.88 Å². The highest BCUT2D eigenvalue weighted by atomic mass is 32.2. The second-order valence-corrected chi connectivity index (χ2v) is 7.27. The maximum absolute atomic E-state index is 14.5. The third-order valence-corrected chi connectivity index (χ3v) is 5.36. The van der Waals surface area contributed by atoms with Gasteiger partial charge in [0.05, 0.1) is 22.5 Å². The zero-order valence-corrected chi connectivity index (χ0v) is 14.7. The van der Waals surface area contributed by atoms with Gasteiger partial charge in [0, 0.05) is 42.3 Å². The smallest absolute Gasteiger partial charge is 0.198 e. The topological polar surface area (TPSA) is 51.6 Å². The third-order valence-electron chi connectivity index (χ3n) is 4.42. The van der Waals surface area contributed by atoms with Crippen LogP contribution in [-0.4, -0.2) is 40.9 Å². The monoisotopic (exact) mass is 373 g/mol. The lowest BCUT2D eigenvalue weighted by molar-refractivity contribution is 0.457. The van der Waals surface area contributed by atoms with E-state index in [4.69, 9.17) is 0 Å². The van der Waals surface area contributed by atoms with Crippen LogP contribution in [-0.2, 0) is 0 Å². The van der Waals surface area contributed by atoms with Gasteiger partial charge in [0.1, 0.15) is 11.6 Å². The lowest BCUT2D eigenvalue weighted by Crippen LogP contribution is -2.32. The number of nitrogens with one attached hydrogen (secondary N) is 1. The van der Waals surface area contributed by atoms with Crippen LogP contribution in [0.5, 0.6) is 5.88 Å². The minimum atomic E-state index is -0.454. The van der Waals surface area contributed by atoms with E-state index in [0.29, 0.717) is 16.9 Å². The van der Waals surface area contributed by atoms with Gasteiger partial charge in [-0.2, -0.15) is 11.8 Å². The van der Waals surface area contributed by atoms with E-state index in [-0.39, 0.29) is 22.6 Å². The third kappa shape index (κ3) is 3.14. The Morgan fingerprint density at radius 3 is 2.69 bits per heavy atom. The molecule has 1 fully saturated rings. The summed E-state index contributed by atoms with van der Waals surface area (Å²) in [6.07, 6.45) is 1.35. The van der Waals surface area contributed by atoms with Crippen molar-refractivity contribution < 1.29 is 13.9 Å². The van der Waals surface area contributed by atoms with Crippen molar-refractivity contribution in [2.24, 2.45) is 4.99 Å². The van der Waals surface area contributed by atoms with E-state index in [1.165, 1.54) is 18.3 Å². The summed E-state index contributed by atoms with van der Waals surface area (Å²) < 4.78 is 28.5. The Morgan fingerprint density at radius 1 is 1.12 bits per heavy atom. The maximum atomic E-state index is 14.5. The average Bonchev–Trinajstić information content (AvgIpc) is 2.97. The van der Waals surface area contributed by atoms with Crippen LogP contribution in [0.1, 0.15) is 5.56 Å². The summed E-state index contributed by atoms with van der Waals surface area (Å²) >= 11 is 1.87. The van der Waals surface area contributed by atoms with E-state index in [0.717, 1.165) is 24.6 Å². The minimum Gasteiger partial charge on any atom is -0.494 e. The molecule has 0 bridgehead atoms. The van der Waals surface area contributed by atoms with E-state index in [2.05, 4.69) is 9.98 Å². The summed E-state index contributed by atoms with van der Waals surface area (Å²) in [4.78, 5) is 8.95. The fraction of sp³-hybridized carbons (Fsp3) is 0.211. The first-order valence-electron chi connectivity index (χ1n) is 8.29. The molecular weight excluding hydrogens is 356 g/mol. The maximum Gasteiger partial charge on any atom is 0.198 e. The number of aromatic hydroxyl groups is 1. The highest BCUT2D eigenvalue weighted by Crippen LogP contribution is 2.30. The van der Waals surface area contributed by atoms with Gasteiger partial charge in [-0.05, 0) is 24.3 Å². The number of aromatic amines is 1. The van der Waals surface area contributed by atoms with E-state index < -0.39 is 5.82 Å². The fourth-order valence-corrected chi connectivity index (χ4v) is 4.02. The molecule has 1 saturated heterocycles.